The second-order valence-electron chi connectivity index (χ2n) is 5.88. The van der Waals surface area contributed by atoms with Crippen molar-refractivity contribution in [3.8, 4) is 0 Å². The van der Waals surface area contributed by atoms with E-state index in [9.17, 15) is 9.59 Å². The maximum atomic E-state index is 11.9. The van der Waals surface area contributed by atoms with Crippen molar-refractivity contribution in [1.82, 2.24) is 10.3 Å². The lowest BCUT2D eigenvalue weighted by atomic mass is 9.76. The summed E-state index contributed by atoms with van der Waals surface area (Å²) >= 11 is 0. The number of amides is 2. The SMILES string of the molecule is CC1(CNC(=O)Nc2cccnc2C(=O)O)CCCCC1. The van der Waals surface area contributed by atoms with Crippen molar-refractivity contribution in [3.63, 3.8) is 0 Å². The Morgan fingerprint density at radius 3 is 2.71 bits per heavy atom. The molecule has 2 amide bonds. The van der Waals surface area contributed by atoms with Crippen LogP contribution in [-0.2, 0) is 0 Å². The Morgan fingerprint density at radius 1 is 1.33 bits per heavy atom. The van der Waals surface area contributed by atoms with Crippen molar-refractivity contribution in [2.24, 2.45) is 5.41 Å². The summed E-state index contributed by atoms with van der Waals surface area (Å²) in [6, 6.07) is 2.72. The van der Waals surface area contributed by atoms with Gasteiger partial charge in [0.05, 0.1) is 5.69 Å². The lowest BCUT2D eigenvalue weighted by Gasteiger charge is -2.33. The van der Waals surface area contributed by atoms with Crippen molar-refractivity contribution in [2.75, 3.05) is 11.9 Å². The third-order valence-electron chi connectivity index (χ3n) is 3.99. The maximum absolute atomic E-state index is 11.9. The summed E-state index contributed by atoms with van der Waals surface area (Å²) in [5, 5.41) is 14.4. The topological polar surface area (TPSA) is 91.3 Å². The Balaban J connectivity index is 1.91. The van der Waals surface area contributed by atoms with Gasteiger partial charge in [0.15, 0.2) is 5.69 Å². The van der Waals surface area contributed by atoms with E-state index in [1.807, 2.05) is 0 Å². The molecule has 1 heterocycles. The molecule has 0 atom stereocenters. The minimum Gasteiger partial charge on any atom is -0.476 e. The number of hydrogen-bond donors (Lipinski definition) is 3. The fourth-order valence-corrected chi connectivity index (χ4v) is 2.72. The second-order valence-corrected chi connectivity index (χ2v) is 5.88. The highest BCUT2D eigenvalue weighted by atomic mass is 16.4. The van der Waals surface area contributed by atoms with E-state index in [1.165, 1.54) is 31.5 Å². The molecule has 114 valence electrons. The van der Waals surface area contributed by atoms with Crippen LogP contribution in [0.15, 0.2) is 18.3 Å². The van der Waals surface area contributed by atoms with Gasteiger partial charge in [0.1, 0.15) is 0 Å². The Labute approximate surface area is 124 Å². The number of nitrogens with zero attached hydrogens (tertiary/aromatic N) is 1. The monoisotopic (exact) mass is 291 g/mol. The number of nitrogens with one attached hydrogen (secondary N) is 2. The van der Waals surface area contributed by atoms with Gasteiger partial charge in [-0.3, -0.25) is 0 Å². The number of hydrogen-bond acceptors (Lipinski definition) is 3. The Hall–Kier alpha value is -2.11. The molecule has 0 unspecified atom stereocenters. The van der Waals surface area contributed by atoms with Crippen LogP contribution in [0, 0.1) is 5.41 Å². The van der Waals surface area contributed by atoms with E-state index in [-0.39, 0.29) is 16.8 Å². The van der Waals surface area contributed by atoms with E-state index in [2.05, 4.69) is 22.5 Å². The van der Waals surface area contributed by atoms with Crippen LogP contribution in [0.2, 0.25) is 0 Å². The molecule has 0 saturated heterocycles. The molecule has 1 saturated carbocycles. The Kier molecular flexibility index (Phi) is 4.77. The largest absolute Gasteiger partial charge is 0.476 e. The third-order valence-corrected chi connectivity index (χ3v) is 3.99. The quantitative estimate of drug-likeness (QED) is 0.795. The minimum absolute atomic E-state index is 0.139. The Morgan fingerprint density at radius 2 is 2.05 bits per heavy atom. The summed E-state index contributed by atoms with van der Waals surface area (Å²) < 4.78 is 0. The van der Waals surface area contributed by atoms with Crippen molar-refractivity contribution in [2.45, 2.75) is 39.0 Å². The first-order valence-corrected chi connectivity index (χ1v) is 7.23. The lowest BCUT2D eigenvalue weighted by molar-refractivity contribution is 0.0691. The van der Waals surface area contributed by atoms with Crippen LogP contribution >= 0.6 is 0 Å². The number of carbonyl (C=O) groups is 2. The highest BCUT2D eigenvalue weighted by Crippen LogP contribution is 2.34. The summed E-state index contributed by atoms with van der Waals surface area (Å²) in [7, 11) is 0. The van der Waals surface area contributed by atoms with Crippen LogP contribution in [0.3, 0.4) is 0 Å². The highest BCUT2D eigenvalue weighted by molar-refractivity contribution is 5.98. The predicted octanol–water partition coefficient (Wildman–Crippen LogP) is 2.87. The normalized spacial score (nSPS) is 17.0. The van der Waals surface area contributed by atoms with E-state index < -0.39 is 12.0 Å². The number of carboxylic acids is 1. The fourth-order valence-electron chi connectivity index (χ4n) is 2.72. The molecule has 0 aromatic carbocycles. The van der Waals surface area contributed by atoms with Crippen LogP contribution in [0.4, 0.5) is 10.5 Å². The summed E-state index contributed by atoms with van der Waals surface area (Å²) in [6.07, 6.45) is 7.27. The molecule has 1 aliphatic carbocycles. The van der Waals surface area contributed by atoms with E-state index in [4.69, 9.17) is 5.11 Å². The summed E-state index contributed by atoms with van der Waals surface area (Å²) in [4.78, 5) is 26.7. The average Bonchev–Trinajstić information content (AvgIpc) is 2.46. The number of carboxylic acid groups (broad SMARTS) is 1. The molecule has 21 heavy (non-hydrogen) atoms. The first kappa shape index (κ1) is 15.3. The zero-order valence-corrected chi connectivity index (χ0v) is 12.2. The highest BCUT2D eigenvalue weighted by Gasteiger charge is 2.27. The fraction of sp³-hybridized carbons (Fsp3) is 0.533. The molecule has 1 aromatic rings. The van der Waals surface area contributed by atoms with Crippen molar-refractivity contribution < 1.29 is 14.7 Å². The molecule has 2 rings (SSSR count). The summed E-state index contributed by atoms with van der Waals surface area (Å²) in [5.41, 5.74) is 0.188. The summed E-state index contributed by atoms with van der Waals surface area (Å²) in [5.74, 6) is -1.16. The van der Waals surface area contributed by atoms with Crippen LogP contribution in [0.1, 0.15) is 49.5 Å². The van der Waals surface area contributed by atoms with Crippen molar-refractivity contribution in [1.29, 1.82) is 0 Å². The molecular formula is C15H21N3O3. The van der Waals surface area contributed by atoms with Gasteiger partial charge in [-0.15, -0.1) is 0 Å². The van der Waals surface area contributed by atoms with E-state index in [0.29, 0.717) is 6.54 Å². The van der Waals surface area contributed by atoms with E-state index >= 15 is 0 Å². The van der Waals surface area contributed by atoms with Crippen LogP contribution in [0.25, 0.3) is 0 Å². The number of aromatic carboxylic acids is 1. The van der Waals surface area contributed by atoms with Gasteiger partial charge in [-0.25, -0.2) is 14.6 Å². The first-order chi connectivity index (χ1) is 10.0. The third kappa shape index (κ3) is 4.18. The van der Waals surface area contributed by atoms with Crippen molar-refractivity contribution in [3.05, 3.63) is 24.0 Å². The number of anilines is 1. The molecule has 0 bridgehead atoms. The standard InChI is InChI=1S/C15H21N3O3/c1-15(7-3-2-4-8-15)10-17-14(21)18-11-6-5-9-16-12(11)13(19)20/h5-6,9H,2-4,7-8,10H2,1H3,(H,19,20)(H2,17,18,21). The number of carbonyl (C=O) groups excluding carboxylic acids is 1. The molecule has 1 aliphatic rings. The van der Waals surface area contributed by atoms with Crippen LogP contribution in [-0.4, -0.2) is 28.6 Å². The van der Waals surface area contributed by atoms with Crippen LogP contribution < -0.4 is 10.6 Å². The van der Waals surface area contributed by atoms with Gasteiger partial charge in [0, 0.05) is 12.7 Å². The average molecular weight is 291 g/mol. The first-order valence-electron chi connectivity index (χ1n) is 7.23. The van der Waals surface area contributed by atoms with Gasteiger partial charge in [-0.2, -0.15) is 0 Å². The second kappa shape index (κ2) is 6.56. The number of aromatic nitrogens is 1. The van der Waals surface area contributed by atoms with E-state index in [0.717, 1.165) is 12.8 Å². The lowest BCUT2D eigenvalue weighted by Crippen LogP contribution is -2.39. The molecular weight excluding hydrogens is 270 g/mol. The molecule has 3 N–H and O–H groups in total. The van der Waals surface area contributed by atoms with E-state index in [1.54, 1.807) is 6.07 Å². The number of urea groups is 1. The predicted molar refractivity (Wildman–Crippen MR) is 79.4 cm³/mol. The van der Waals surface area contributed by atoms with Gasteiger partial charge >= 0.3 is 12.0 Å². The Bertz CT molecular complexity index is 525. The minimum atomic E-state index is -1.16. The molecule has 0 spiro atoms. The molecule has 0 radical (unpaired) electrons. The number of pyridine rings is 1. The maximum Gasteiger partial charge on any atom is 0.356 e. The molecule has 6 heteroatoms. The molecule has 1 aromatic heterocycles. The summed E-state index contributed by atoms with van der Waals surface area (Å²) in [6.45, 7) is 2.78. The molecule has 6 nitrogen and oxygen atoms in total. The van der Waals surface area contributed by atoms with Crippen molar-refractivity contribution >= 4 is 17.7 Å². The van der Waals surface area contributed by atoms with Gasteiger partial charge in [-0.05, 0) is 30.4 Å². The van der Waals surface area contributed by atoms with Gasteiger partial charge < -0.3 is 15.7 Å². The van der Waals surface area contributed by atoms with Gasteiger partial charge in [0.2, 0.25) is 0 Å². The van der Waals surface area contributed by atoms with Gasteiger partial charge in [-0.1, -0.05) is 26.2 Å². The molecule has 0 aliphatic heterocycles. The smallest absolute Gasteiger partial charge is 0.356 e. The molecule has 1 fully saturated rings. The zero-order chi connectivity index (χ0) is 15.3. The number of rotatable bonds is 4. The van der Waals surface area contributed by atoms with Gasteiger partial charge in [0.25, 0.3) is 0 Å². The zero-order valence-electron chi connectivity index (χ0n) is 12.2. The van der Waals surface area contributed by atoms with Crippen LogP contribution in [0.5, 0.6) is 0 Å².